The van der Waals surface area contributed by atoms with Crippen LogP contribution in [0.2, 0.25) is 0 Å². The molecule has 0 bridgehead atoms. The smallest absolute Gasteiger partial charge is 0.318 e. The first kappa shape index (κ1) is 21.8. The molecule has 0 saturated carbocycles. The number of sulfonamides is 1. The van der Waals surface area contributed by atoms with Gasteiger partial charge in [0, 0.05) is 25.2 Å². The minimum absolute atomic E-state index is 0.0519. The van der Waals surface area contributed by atoms with Crippen molar-refractivity contribution in [2.45, 2.75) is 38.8 Å². The third-order valence-corrected chi connectivity index (χ3v) is 5.36. The van der Waals surface area contributed by atoms with E-state index in [1.807, 2.05) is 25.7 Å². The Kier molecular flexibility index (Phi) is 7.79. The highest BCUT2D eigenvalue weighted by atomic mass is 32.2. The summed E-state index contributed by atoms with van der Waals surface area (Å²) in [5.41, 5.74) is -0.280. The fourth-order valence-electron chi connectivity index (χ4n) is 2.44. The van der Waals surface area contributed by atoms with Gasteiger partial charge in [-0.1, -0.05) is 6.92 Å². The first-order chi connectivity index (χ1) is 11.4. The van der Waals surface area contributed by atoms with Crippen molar-refractivity contribution in [1.29, 1.82) is 0 Å². The molecule has 1 saturated heterocycles. The molecule has 1 rings (SSSR count). The van der Waals surface area contributed by atoms with Gasteiger partial charge in [-0.25, -0.2) is 8.42 Å². The second-order valence-electron chi connectivity index (χ2n) is 6.96. The number of carbonyl (C=O) groups excluding carboxylic acids is 1. The van der Waals surface area contributed by atoms with E-state index < -0.39 is 28.6 Å². The van der Waals surface area contributed by atoms with Crippen LogP contribution < -0.4 is 5.32 Å². The Morgan fingerprint density at radius 1 is 1.40 bits per heavy atom. The van der Waals surface area contributed by atoms with Gasteiger partial charge in [-0.2, -0.15) is 4.31 Å². The molecule has 10 heteroatoms. The van der Waals surface area contributed by atoms with E-state index in [9.17, 15) is 18.0 Å². The number of carbonyl (C=O) groups is 2. The van der Waals surface area contributed by atoms with Crippen LogP contribution >= 0.6 is 0 Å². The topological polar surface area (TPSA) is 116 Å². The number of carboxylic acid groups (broad SMARTS) is 1. The van der Waals surface area contributed by atoms with E-state index >= 15 is 0 Å². The first-order valence-corrected chi connectivity index (χ1v) is 10.1. The van der Waals surface area contributed by atoms with Crippen LogP contribution in [0, 0.1) is 0 Å². The molecule has 146 valence electrons. The minimum atomic E-state index is -3.65. The van der Waals surface area contributed by atoms with E-state index in [0.717, 1.165) is 17.0 Å². The van der Waals surface area contributed by atoms with Crippen LogP contribution in [0.25, 0.3) is 0 Å². The SMILES string of the molecule is CCC(C)(C)NC(=O)CN1CCOC(CN(CC(=O)O)S(C)(=O)=O)C1. The monoisotopic (exact) mass is 379 g/mol. The lowest BCUT2D eigenvalue weighted by molar-refractivity contribution is -0.137. The first-order valence-electron chi connectivity index (χ1n) is 8.25. The molecule has 1 amide bonds. The lowest BCUT2D eigenvalue weighted by Gasteiger charge is -2.35. The van der Waals surface area contributed by atoms with Crippen LogP contribution in [0.4, 0.5) is 0 Å². The summed E-state index contributed by atoms with van der Waals surface area (Å²) in [5.74, 6) is -1.32. The standard InChI is InChI=1S/C15H29N3O6S/c1-5-15(2,3)16-13(19)10-17-6-7-24-12(8-17)9-18(11-14(20)21)25(4,22)23/h12H,5-11H2,1-4H3,(H,16,19)(H,20,21). The molecule has 25 heavy (non-hydrogen) atoms. The highest BCUT2D eigenvalue weighted by Gasteiger charge is 2.29. The molecular formula is C15H29N3O6S. The number of carboxylic acids is 1. The van der Waals surface area contributed by atoms with Crippen molar-refractivity contribution >= 4 is 21.9 Å². The van der Waals surface area contributed by atoms with Gasteiger partial charge in [-0.15, -0.1) is 0 Å². The number of rotatable bonds is 9. The zero-order valence-corrected chi connectivity index (χ0v) is 16.1. The van der Waals surface area contributed by atoms with Gasteiger partial charge in [0.2, 0.25) is 15.9 Å². The molecule has 0 aliphatic carbocycles. The van der Waals surface area contributed by atoms with Crippen molar-refractivity contribution in [2.24, 2.45) is 0 Å². The second kappa shape index (κ2) is 8.93. The molecule has 1 atom stereocenters. The van der Waals surface area contributed by atoms with E-state index in [2.05, 4.69) is 5.32 Å². The predicted octanol–water partition coefficient (Wildman–Crippen LogP) is -0.662. The number of ether oxygens (including phenoxy) is 1. The summed E-state index contributed by atoms with van der Waals surface area (Å²) in [6.45, 7) is 6.72. The molecule has 1 unspecified atom stereocenters. The zero-order valence-electron chi connectivity index (χ0n) is 15.3. The number of hydrogen-bond donors (Lipinski definition) is 2. The van der Waals surface area contributed by atoms with Crippen LogP contribution in [0.15, 0.2) is 0 Å². The van der Waals surface area contributed by atoms with Gasteiger partial charge >= 0.3 is 5.97 Å². The average molecular weight is 379 g/mol. The van der Waals surface area contributed by atoms with Gasteiger partial charge in [0.25, 0.3) is 0 Å². The maximum absolute atomic E-state index is 12.1. The summed E-state index contributed by atoms with van der Waals surface area (Å²) < 4.78 is 29.9. The Balaban J connectivity index is 2.61. The third kappa shape index (κ3) is 8.13. The summed E-state index contributed by atoms with van der Waals surface area (Å²) >= 11 is 0. The van der Waals surface area contributed by atoms with Gasteiger partial charge in [-0.05, 0) is 20.3 Å². The highest BCUT2D eigenvalue weighted by Crippen LogP contribution is 2.11. The number of nitrogens with zero attached hydrogens (tertiary/aromatic N) is 2. The van der Waals surface area contributed by atoms with Gasteiger partial charge in [0.05, 0.1) is 25.5 Å². The van der Waals surface area contributed by atoms with Crippen molar-refractivity contribution in [3.05, 3.63) is 0 Å². The van der Waals surface area contributed by atoms with Crippen molar-refractivity contribution in [3.8, 4) is 0 Å². The molecule has 0 aromatic carbocycles. The average Bonchev–Trinajstić information content (AvgIpc) is 2.45. The quantitative estimate of drug-likeness (QED) is 0.546. The van der Waals surface area contributed by atoms with Gasteiger partial charge in [0.15, 0.2) is 0 Å². The van der Waals surface area contributed by atoms with Crippen molar-refractivity contribution in [1.82, 2.24) is 14.5 Å². The minimum Gasteiger partial charge on any atom is -0.480 e. The van der Waals surface area contributed by atoms with Crippen LogP contribution in [0.3, 0.4) is 0 Å². The number of aliphatic carboxylic acids is 1. The maximum atomic E-state index is 12.1. The van der Waals surface area contributed by atoms with E-state index in [1.54, 1.807) is 0 Å². The third-order valence-electron chi connectivity index (χ3n) is 4.14. The van der Waals surface area contributed by atoms with E-state index in [1.165, 1.54) is 0 Å². The molecule has 2 N–H and O–H groups in total. The fourth-order valence-corrected chi connectivity index (χ4v) is 3.22. The molecule has 0 aromatic rings. The van der Waals surface area contributed by atoms with Crippen molar-refractivity contribution in [3.63, 3.8) is 0 Å². The lowest BCUT2D eigenvalue weighted by atomic mass is 10.0. The molecule has 0 spiro atoms. The highest BCUT2D eigenvalue weighted by molar-refractivity contribution is 7.88. The Morgan fingerprint density at radius 3 is 2.56 bits per heavy atom. The van der Waals surface area contributed by atoms with Gasteiger partial charge in [0.1, 0.15) is 6.54 Å². The Bertz CT molecular complexity index is 578. The zero-order chi connectivity index (χ0) is 19.3. The normalized spacial score (nSPS) is 19.8. The fraction of sp³-hybridized carbons (Fsp3) is 0.867. The Labute approximate surface area is 149 Å². The number of hydrogen-bond acceptors (Lipinski definition) is 6. The van der Waals surface area contributed by atoms with Gasteiger partial charge in [-0.3, -0.25) is 14.5 Å². The number of morpholine rings is 1. The summed E-state index contributed by atoms with van der Waals surface area (Å²) in [4.78, 5) is 24.9. The second-order valence-corrected chi connectivity index (χ2v) is 8.95. The van der Waals surface area contributed by atoms with Crippen molar-refractivity contribution < 1.29 is 27.9 Å². The summed E-state index contributed by atoms with van der Waals surface area (Å²) in [7, 11) is -3.65. The number of nitrogens with one attached hydrogen (secondary N) is 1. The van der Waals surface area contributed by atoms with E-state index in [0.29, 0.717) is 19.7 Å². The van der Waals surface area contributed by atoms with E-state index in [-0.39, 0.29) is 24.5 Å². The molecule has 1 fully saturated rings. The van der Waals surface area contributed by atoms with Crippen molar-refractivity contribution in [2.75, 3.05) is 45.6 Å². The number of amides is 1. The Morgan fingerprint density at radius 2 is 2.04 bits per heavy atom. The van der Waals surface area contributed by atoms with Crippen LogP contribution in [-0.2, 0) is 24.3 Å². The Hall–Kier alpha value is -1.23. The molecule has 1 aliphatic heterocycles. The van der Waals surface area contributed by atoms with Crippen LogP contribution in [0.5, 0.6) is 0 Å². The van der Waals surface area contributed by atoms with E-state index in [4.69, 9.17) is 9.84 Å². The summed E-state index contributed by atoms with van der Waals surface area (Å²) in [6, 6.07) is 0. The van der Waals surface area contributed by atoms with Crippen LogP contribution in [-0.4, -0.2) is 91.8 Å². The molecule has 0 aromatic heterocycles. The summed E-state index contributed by atoms with van der Waals surface area (Å²) in [5, 5.41) is 11.8. The van der Waals surface area contributed by atoms with Gasteiger partial charge < -0.3 is 15.2 Å². The van der Waals surface area contributed by atoms with Crippen LogP contribution in [0.1, 0.15) is 27.2 Å². The summed E-state index contributed by atoms with van der Waals surface area (Å²) in [6.07, 6.45) is 1.30. The molecule has 1 heterocycles. The molecule has 1 aliphatic rings. The predicted molar refractivity (Wildman–Crippen MR) is 92.7 cm³/mol. The molecule has 0 radical (unpaired) electrons. The molecule has 9 nitrogen and oxygen atoms in total. The molecular weight excluding hydrogens is 350 g/mol. The maximum Gasteiger partial charge on any atom is 0.318 e. The lowest BCUT2D eigenvalue weighted by Crippen LogP contribution is -2.53. The largest absolute Gasteiger partial charge is 0.480 e.